The predicted octanol–water partition coefficient (Wildman–Crippen LogP) is -1.28. The van der Waals surface area contributed by atoms with Crippen molar-refractivity contribution >= 4 is 33.2 Å². The average molecular weight is 321 g/mol. The number of nitrogens with zero attached hydrogens (tertiary/aromatic N) is 2. The van der Waals surface area contributed by atoms with Crippen LogP contribution in [0.4, 0.5) is 0 Å². The number of morpholine rings is 1. The third-order valence-corrected chi connectivity index (χ3v) is 5.94. The standard InChI is InChI=1S/C9H11N3O6S2/c10-7(13)5-3-18-2-1-12(5)20(16,17)9-6(8(14)15)11-4-19-9/h4-5H,1-3H2,(H2,10,13)(H,14,15). The lowest BCUT2D eigenvalue weighted by Crippen LogP contribution is -2.54. The molecule has 1 fully saturated rings. The number of amides is 1. The molecule has 1 aromatic heterocycles. The van der Waals surface area contributed by atoms with Crippen molar-refractivity contribution in [1.29, 1.82) is 0 Å². The molecule has 0 bridgehead atoms. The molecule has 3 N–H and O–H groups in total. The van der Waals surface area contributed by atoms with E-state index >= 15 is 0 Å². The van der Waals surface area contributed by atoms with Gasteiger partial charge in [0.1, 0.15) is 6.04 Å². The molecule has 2 rings (SSSR count). The lowest BCUT2D eigenvalue weighted by molar-refractivity contribution is -0.125. The van der Waals surface area contributed by atoms with Crippen molar-refractivity contribution in [2.75, 3.05) is 19.8 Å². The topological polar surface area (TPSA) is 140 Å². The van der Waals surface area contributed by atoms with Crippen LogP contribution in [0.1, 0.15) is 10.5 Å². The van der Waals surface area contributed by atoms with E-state index in [1.54, 1.807) is 0 Å². The smallest absolute Gasteiger partial charge is 0.356 e. The number of carbonyl (C=O) groups excluding carboxylic acids is 1. The maximum Gasteiger partial charge on any atom is 0.356 e. The van der Waals surface area contributed by atoms with Crippen LogP contribution in [0.15, 0.2) is 9.72 Å². The number of hydrogen-bond donors (Lipinski definition) is 2. The van der Waals surface area contributed by atoms with Crippen LogP contribution in [-0.2, 0) is 19.6 Å². The lowest BCUT2D eigenvalue weighted by atomic mass is 10.3. The third-order valence-electron chi connectivity index (χ3n) is 2.69. The summed E-state index contributed by atoms with van der Waals surface area (Å²) in [5.41, 5.74) is 5.71. The summed E-state index contributed by atoms with van der Waals surface area (Å²) in [6.07, 6.45) is 0. The van der Waals surface area contributed by atoms with Crippen molar-refractivity contribution in [2.45, 2.75) is 10.3 Å². The van der Waals surface area contributed by atoms with Crippen LogP contribution in [0, 0.1) is 0 Å². The van der Waals surface area contributed by atoms with Crippen LogP contribution in [-0.4, -0.2) is 60.5 Å². The molecule has 1 aliphatic rings. The van der Waals surface area contributed by atoms with Gasteiger partial charge < -0.3 is 15.6 Å². The fraction of sp³-hybridized carbons (Fsp3) is 0.444. The molecule has 1 aliphatic heterocycles. The fourth-order valence-corrected chi connectivity index (χ4v) is 4.59. The van der Waals surface area contributed by atoms with Gasteiger partial charge in [-0.2, -0.15) is 4.31 Å². The molecule has 1 unspecified atom stereocenters. The van der Waals surface area contributed by atoms with Crippen molar-refractivity contribution in [1.82, 2.24) is 9.29 Å². The Hall–Kier alpha value is -1.56. The number of carbonyl (C=O) groups is 2. The Labute approximate surface area is 118 Å². The Morgan fingerprint density at radius 1 is 1.55 bits per heavy atom. The van der Waals surface area contributed by atoms with E-state index in [2.05, 4.69) is 4.98 Å². The summed E-state index contributed by atoms with van der Waals surface area (Å²) in [5.74, 6) is -2.30. The molecule has 110 valence electrons. The Morgan fingerprint density at radius 3 is 2.85 bits per heavy atom. The summed E-state index contributed by atoms with van der Waals surface area (Å²) in [7, 11) is -4.16. The summed E-state index contributed by atoms with van der Waals surface area (Å²) in [6, 6.07) is -1.16. The molecular formula is C9H11N3O6S2. The number of carboxylic acids is 1. The summed E-state index contributed by atoms with van der Waals surface area (Å²) in [5, 5.41) is 8.94. The molecule has 0 radical (unpaired) electrons. The van der Waals surface area contributed by atoms with Gasteiger partial charge in [0, 0.05) is 6.54 Å². The largest absolute Gasteiger partial charge is 0.476 e. The number of sulfonamides is 1. The van der Waals surface area contributed by atoms with Gasteiger partial charge in [0.25, 0.3) is 10.0 Å². The van der Waals surface area contributed by atoms with E-state index in [0.717, 1.165) is 9.82 Å². The van der Waals surface area contributed by atoms with Crippen molar-refractivity contribution < 1.29 is 27.9 Å². The number of primary amides is 1. The summed E-state index contributed by atoms with van der Waals surface area (Å²) in [6.45, 7) is -0.132. The Kier molecular flexibility index (Phi) is 4.04. The normalized spacial score (nSPS) is 20.7. The maximum atomic E-state index is 12.5. The van der Waals surface area contributed by atoms with Crippen LogP contribution < -0.4 is 5.73 Å². The van der Waals surface area contributed by atoms with Gasteiger partial charge in [-0.1, -0.05) is 0 Å². The number of carboxylic acid groups (broad SMARTS) is 1. The van der Waals surface area contributed by atoms with E-state index in [4.69, 9.17) is 15.6 Å². The van der Waals surface area contributed by atoms with Gasteiger partial charge in [0.15, 0.2) is 9.90 Å². The van der Waals surface area contributed by atoms with E-state index in [0.29, 0.717) is 11.3 Å². The molecule has 1 amide bonds. The number of ether oxygens (including phenoxy) is 1. The summed E-state index contributed by atoms with van der Waals surface area (Å²) < 4.78 is 30.4. The quantitative estimate of drug-likeness (QED) is 0.703. The van der Waals surface area contributed by atoms with Crippen LogP contribution >= 0.6 is 11.3 Å². The minimum atomic E-state index is -4.16. The zero-order chi connectivity index (χ0) is 14.9. The zero-order valence-electron chi connectivity index (χ0n) is 10.1. The van der Waals surface area contributed by atoms with Gasteiger partial charge in [-0.05, 0) is 0 Å². The molecule has 0 aromatic carbocycles. The van der Waals surface area contributed by atoms with Gasteiger partial charge in [-0.3, -0.25) is 4.79 Å². The van der Waals surface area contributed by atoms with Gasteiger partial charge in [0.05, 0.1) is 18.7 Å². The number of rotatable bonds is 4. The Morgan fingerprint density at radius 2 is 2.25 bits per heavy atom. The van der Waals surface area contributed by atoms with Crippen LogP contribution in [0.3, 0.4) is 0 Å². The SMILES string of the molecule is NC(=O)C1COCCN1S(=O)(=O)c1scnc1C(=O)O. The lowest BCUT2D eigenvalue weighted by Gasteiger charge is -2.31. The van der Waals surface area contributed by atoms with E-state index in [1.165, 1.54) is 0 Å². The highest BCUT2D eigenvalue weighted by molar-refractivity contribution is 7.91. The average Bonchev–Trinajstić information content (AvgIpc) is 2.88. The van der Waals surface area contributed by atoms with Crippen molar-refractivity contribution in [3.63, 3.8) is 0 Å². The molecule has 0 aliphatic carbocycles. The number of aromatic nitrogens is 1. The van der Waals surface area contributed by atoms with Crippen LogP contribution in [0.5, 0.6) is 0 Å². The van der Waals surface area contributed by atoms with Crippen LogP contribution in [0.2, 0.25) is 0 Å². The third kappa shape index (κ3) is 2.52. The van der Waals surface area contributed by atoms with Crippen LogP contribution in [0.25, 0.3) is 0 Å². The van der Waals surface area contributed by atoms with E-state index < -0.39 is 37.8 Å². The Bertz CT molecular complexity index is 640. The van der Waals surface area contributed by atoms with E-state index in [-0.39, 0.29) is 19.8 Å². The number of hydrogen-bond acceptors (Lipinski definition) is 7. The fourth-order valence-electron chi connectivity index (χ4n) is 1.77. The van der Waals surface area contributed by atoms with Crippen molar-refractivity contribution in [2.24, 2.45) is 5.73 Å². The molecule has 20 heavy (non-hydrogen) atoms. The predicted molar refractivity (Wildman–Crippen MR) is 66.8 cm³/mol. The maximum absolute atomic E-state index is 12.5. The second-order valence-corrected chi connectivity index (χ2v) is 6.84. The molecule has 0 saturated carbocycles. The highest BCUT2D eigenvalue weighted by Crippen LogP contribution is 2.26. The highest BCUT2D eigenvalue weighted by Gasteiger charge is 2.40. The molecule has 0 spiro atoms. The number of nitrogens with two attached hydrogens (primary N) is 1. The van der Waals surface area contributed by atoms with Gasteiger partial charge in [-0.25, -0.2) is 18.2 Å². The van der Waals surface area contributed by atoms with Gasteiger partial charge in [-0.15, -0.1) is 11.3 Å². The van der Waals surface area contributed by atoms with E-state index in [9.17, 15) is 18.0 Å². The number of aromatic carboxylic acids is 1. The molecule has 1 aromatic rings. The molecule has 2 heterocycles. The first-order chi connectivity index (χ1) is 9.35. The molecular weight excluding hydrogens is 310 g/mol. The monoisotopic (exact) mass is 321 g/mol. The molecule has 9 nitrogen and oxygen atoms in total. The minimum Gasteiger partial charge on any atom is -0.476 e. The first-order valence-electron chi connectivity index (χ1n) is 5.41. The first-order valence-corrected chi connectivity index (χ1v) is 7.73. The first kappa shape index (κ1) is 14.8. The zero-order valence-corrected chi connectivity index (χ0v) is 11.7. The minimum absolute atomic E-state index is 0.0765. The van der Waals surface area contributed by atoms with E-state index in [1.807, 2.05) is 0 Å². The van der Waals surface area contributed by atoms with Gasteiger partial charge >= 0.3 is 5.97 Å². The number of thiazole rings is 1. The van der Waals surface area contributed by atoms with Crippen molar-refractivity contribution in [3.05, 3.63) is 11.2 Å². The molecule has 11 heteroatoms. The second kappa shape index (κ2) is 5.44. The molecule has 1 atom stereocenters. The van der Waals surface area contributed by atoms with Gasteiger partial charge in [0.2, 0.25) is 5.91 Å². The summed E-state index contributed by atoms with van der Waals surface area (Å²) >= 11 is 0.678. The highest BCUT2D eigenvalue weighted by atomic mass is 32.2. The molecule has 1 saturated heterocycles. The Balaban J connectivity index is 2.45. The van der Waals surface area contributed by atoms with Crippen molar-refractivity contribution in [3.8, 4) is 0 Å². The second-order valence-electron chi connectivity index (χ2n) is 3.90. The summed E-state index contributed by atoms with van der Waals surface area (Å²) in [4.78, 5) is 25.8.